The number of hydrogen-bond donors (Lipinski definition) is 4. The predicted molar refractivity (Wildman–Crippen MR) is 140 cm³/mol. The van der Waals surface area contributed by atoms with E-state index in [-0.39, 0.29) is 5.91 Å². The van der Waals surface area contributed by atoms with Gasteiger partial charge in [-0.25, -0.2) is 4.98 Å². The lowest BCUT2D eigenvalue weighted by Gasteiger charge is -2.14. The van der Waals surface area contributed by atoms with Crippen LogP contribution in [0, 0.1) is 5.92 Å². The van der Waals surface area contributed by atoms with Crippen molar-refractivity contribution in [2.75, 3.05) is 5.32 Å². The molecule has 0 bridgehead atoms. The number of aromatic amines is 3. The molecule has 5 aromatic rings. The van der Waals surface area contributed by atoms with Crippen molar-refractivity contribution in [2.45, 2.75) is 44.9 Å². The SMILES string of the molecule is O=C(Nc1cc(-c2nn[nH]n2)cc(-c2nn[nH]n2)c1)c1nc(-c2ccccc2)[nH]c1CC1CCCCCC1. The number of benzene rings is 2. The van der Waals surface area contributed by atoms with Crippen LogP contribution in [0.5, 0.6) is 0 Å². The van der Waals surface area contributed by atoms with Gasteiger partial charge in [-0.15, -0.1) is 20.4 Å². The van der Waals surface area contributed by atoms with E-state index in [1.807, 2.05) is 36.4 Å². The summed E-state index contributed by atoms with van der Waals surface area (Å²) in [5.74, 6) is 1.68. The molecule has 0 aliphatic heterocycles. The summed E-state index contributed by atoms with van der Waals surface area (Å²) in [7, 11) is 0. The first kappa shape index (κ1) is 23.6. The Morgan fingerprint density at radius 1 is 0.842 bits per heavy atom. The maximum Gasteiger partial charge on any atom is 0.276 e. The van der Waals surface area contributed by atoms with E-state index in [9.17, 15) is 4.79 Å². The highest BCUT2D eigenvalue weighted by Crippen LogP contribution is 2.30. The molecular weight excluding hydrogens is 482 g/mol. The Labute approximate surface area is 218 Å². The molecule has 0 radical (unpaired) electrons. The second-order valence-electron chi connectivity index (χ2n) is 9.56. The summed E-state index contributed by atoms with van der Waals surface area (Å²) in [5.41, 5.74) is 4.01. The monoisotopic (exact) mass is 509 g/mol. The van der Waals surface area contributed by atoms with Crippen LogP contribution in [-0.2, 0) is 6.42 Å². The molecule has 3 aromatic heterocycles. The van der Waals surface area contributed by atoms with Crippen LogP contribution in [0.15, 0.2) is 48.5 Å². The number of nitrogens with zero attached hydrogens (tertiary/aromatic N) is 7. The molecule has 1 aliphatic rings. The summed E-state index contributed by atoms with van der Waals surface area (Å²) in [6, 6.07) is 15.2. The second kappa shape index (κ2) is 10.7. The number of tetrazole rings is 2. The van der Waals surface area contributed by atoms with Crippen LogP contribution in [0.1, 0.15) is 54.7 Å². The maximum atomic E-state index is 13.7. The average Bonchev–Trinajstić information content (AvgIpc) is 3.71. The molecule has 12 heteroatoms. The van der Waals surface area contributed by atoms with Crippen LogP contribution in [0.2, 0.25) is 0 Å². The van der Waals surface area contributed by atoms with Gasteiger partial charge in [0, 0.05) is 28.1 Å². The molecule has 2 aromatic carbocycles. The Morgan fingerprint density at radius 3 is 2.11 bits per heavy atom. The van der Waals surface area contributed by atoms with Crippen molar-refractivity contribution in [1.29, 1.82) is 0 Å². The molecule has 192 valence electrons. The number of carbonyl (C=O) groups is 1. The number of H-pyrrole nitrogens is 3. The average molecular weight is 510 g/mol. The lowest BCUT2D eigenvalue weighted by atomic mass is 9.94. The summed E-state index contributed by atoms with van der Waals surface area (Å²) in [6.45, 7) is 0. The standard InChI is InChI=1S/C26H27N11O/c38-26(27-20-14-18(24-30-34-35-31-24)13-19(15-20)25-32-36-37-33-25)22-21(12-16-8-4-1-2-5-9-16)28-23(29-22)17-10-6-3-7-11-17/h3,6-7,10-11,13-16H,1-2,4-5,8-9,12H2,(H,27,38)(H,28,29)(H,30,31,34,35)(H,32,33,36,37). The number of carbonyl (C=O) groups excluding carboxylic acids is 1. The van der Waals surface area contributed by atoms with Crippen LogP contribution < -0.4 is 5.32 Å². The molecule has 1 amide bonds. The van der Waals surface area contributed by atoms with E-state index in [4.69, 9.17) is 4.98 Å². The second-order valence-corrected chi connectivity index (χ2v) is 9.56. The number of anilines is 1. The van der Waals surface area contributed by atoms with Gasteiger partial charge in [-0.3, -0.25) is 4.79 Å². The summed E-state index contributed by atoms with van der Waals surface area (Å²) >= 11 is 0. The fraction of sp³-hybridized carbons (Fsp3) is 0.308. The molecule has 1 aliphatic carbocycles. The molecule has 4 N–H and O–H groups in total. The Hall–Kier alpha value is -4.74. The minimum atomic E-state index is -0.295. The zero-order valence-corrected chi connectivity index (χ0v) is 20.7. The third-order valence-electron chi connectivity index (χ3n) is 6.91. The van der Waals surface area contributed by atoms with Gasteiger partial charge in [-0.2, -0.15) is 10.4 Å². The van der Waals surface area contributed by atoms with E-state index in [1.54, 1.807) is 12.1 Å². The Balaban J connectivity index is 1.34. The zero-order valence-electron chi connectivity index (χ0n) is 20.7. The summed E-state index contributed by atoms with van der Waals surface area (Å²) in [6.07, 6.45) is 8.15. The number of imidazole rings is 1. The molecule has 0 unspecified atom stereocenters. The summed E-state index contributed by atoms with van der Waals surface area (Å²) < 4.78 is 0. The van der Waals surface area contributed by atoms with Gasteiger partial charge in [0.1, 0.15) is 11.5 Å². The van der Waals surface area contributed by atoms with Crippen LogP contribution in [0.25, 0.3) is 34.2 Å². The minimum Gasteiger partial charge on any atom is -0.341 e. The number of aromatic nitrogens is 10. The largest absolute Gasteiger partial charge is 0.341 e. The molecule has 0 atom stereocenters. The number of rotatable bonds is 7. The predicted octanol–water partition coefficient (Wildman–Crippen LogP) is 4.20. The van der Waals surface area contributed by atoms with E-state index >= 15 is 0 Å². The normalized spacial score (nSPS) is 14.3. The van der Waals surface area contributed by atoms with Gasteiger partial charge in [0.05, 0.1) is 0 Å². The summed E-state index contributed by atoms with van der Waals surface area (Å²) in [5, 5.41) is 31.5. The van der Waals surface area contributed by atoms with Crippen LogP contribution in [0.3, 0.4) is 0 Å². The molecular formula is C26H27N11O. The quantitative estimate of drug-likeness (QED) is 0.237. The van der Waals surface area contributed by atoms with Crippen LogP contribution in [0.4, 0.5) is 5.69 Å². The van der Waals surface area contributed by atoms with Crippen molar-refractivity contribution in [3.05, 3.63) is 59.9 Å². The first-order valence-electron chi connectivity index (χ1n) is 12.8. The van der Waals surface area contributed by atoms with Crippen molar-refractivity contribution in [3.8, 4) is 34.2 Å². The highest BCUT2D eigenvalue weighted by atomic mass is 16.1. The smallest absolute Gasteiger partial charge is 0.276 e. The number of nitrogens with one attached hydrogen (secondary N) is 4. The van der Waals surface area contributed by atoms with E-state index in [0.717, 1.165) is 17.7 Å². The lowest BCUT2D eigenvalue weighted by molar-refractivity contribution is 0.102. The molecule has 12 nitrogen and oxygen atoms in total. The third kappa shape index (κ3) is 5.19. The fourth-order valence-electron chi connectivity index (χ4n) is 5.05. The van der Waals surface area contributed by atoms with E-state index in [1.165, 1.54) is 38.5 Å². The van der Waals surface area contributed by atoms with Gasteiger partial charge >= 0.3 is 0 Å². The molecule has 1 fully saturated rings. The zero-order chi connectivity index (χ0) is 25.7. The van der Waals surface area contributed by atoms with E-state index in [2.05, 4.69) is 51.5 Å². The van der Waals surface area contributed by atoms with Crippen molar-refractivity contribution in [1.82, 2.24) is 51.2 Å². The van der Waals surface area contributed by atoms with E-state index in [0.29, 0.717) is 45.9 Å². The van der Waals surface area contributed by atoms with Crippen LogP contribution in [-0.4, -0.2) is 57.1 Å². The van der Waals surface area contributed by atoms with Gasteiger partial charge < -0.3 is 10.3 Å². The number of amides is 1. The van der Waals surface area contributed by atoms with Crippen LogP contribution >= 0.6 is 0 Å². The Bertz CT molecular complexity index is 1430. The van der Waals surface area contributed by atoms with Gasteiger partial charge in [0.2, 0.25) is 11.6 Å². The minimum absolute atomic E-state index is 0.295. The van der Waals surface area contributed by atoms with Crippen molar-refractivity contribution >= 4 is 11.6 Å². The lowest BCUT2D eigenvalue weighted by Crippen LogP contribution is -2.16. The summed E-state index contributed by atoms with van der Waals surface area (Å²) in [4.78, 5) is 21.9. The van der Waals surface area contributed by atoms with Crippen molar-refractivity contribution in [3.63, 3.8) is 0 Å². The van der Waals surface area contributed by atoms with Gasteiger partial charge in [0.25, 0.3) is 5.91 Å². The first-order valence-corrected chi connectivity index (χ1v) is 12.8. The van der Waals surface area contributed by atoms with Gasteiger partial charge in [0.15, 0.2) is 0 Å². The fourth-order valence-corrected chi connectivity index (χ4v) is 5.05. The number of hydrogen-bond acceptors (Lipinski definition) is 8. The Kier molecular flexibility index (Phi) is 6.66. The molecule has 6 rings (SSSR count). The topological polar surface area (TPSA) is 167 Å². The van der Waals surface area contributed by atoms with Crippen molar-refractivity contribution in [2.24, 2.45) is 5.92 Å². The third-order valence-corrected chi connectivity index (χ3v) is 6.91. The van der Waals surface area contributed by atoms with Crippen molar-refractivity contribution < 1.29 is 4.79 Å². The molecule has 38 heavy (non-hydrogen) atoms. The molecule has 3 heterocycles. The van der Waals surface area contributed by atoms with E-state index < -0.39 is 0 Å². The Morgan fingerprint density at radius 2 is 1.50 bits per heavy atom. The molecule has 1 saturated carbocycles. The van der Waals surface area contributed by atoms with Gasteiger partial charge in [-0.1, -0.05) is 68.9 Å². The maximum absolute atomic E-state index is 13.7. The van der Waals surface area contributed by atoms with Gasteiger partial charge in [-0.05, 0) is 41.0 Å². The molecule has 0 saturated heterocycles. The molecule has 0 spiro atoms. The first-order chi connectivity index (χ1) is 18.7. The highest BCUT2D eigenvalue weighted by molar-refractivity contribution is 6.04. The highest BCUT2D eigenvalue weighted by Gasteiger charge is 2.23.